The van der Waals surface area contributed by atoms with Crippen molar-refractivity contribution < 1.29 is 0 Å². The summed E-state index contributed by atoms with van der Waals surface area (Å²) in [6.45, 7) is 0.997. The largest absolute Gasteiger partial charge is 0.378 e. The number of fused-ring (bicyclic) bond motifs is 1. The molecule has 0 fully saturated rings. The molecule has 1 N–H and O–H groups in total. The number of aryl methyl sites for hydroxylation is 1. The molecular formula is C17H21IN2S. The molecule has 1 aromatic heterocycles. The van der Waals surface area contributed by atoms with Crippen molar-refractivity contribution in [2.75, 3.05) is 19.4 Å². The molecule has 21 heavy (non-hydrogen) atoms. The van der Waals surface area contributed by atoms with E-state index < -0.39 is 0 Å². The number of nitrogens with zero attached hydrogens (tertiary/aromatic N) is 1. The van der Waals surface area contributed by atoms with Gasteiger partial charge in [-0.05, 0) is 85.3 Å². The molecule has 0 aliphatic heterocycles. The first-order valence-electron chi connectivity index (χ1n) is 7.40. The van der Waals surface area contributed by atoms with E-state index in [4.69, 9.17) is 0 Å². The minimum absolute atomic E-state index is 0.480. The van der Waals surface area contributed by atoms with Crippen molar-refractivity contribution in [2.24, 2.45) is 0 Å². The van der Waals surface area contributed by atoms with Gasteiger partial charge in [0.05, 0.1) is 8.93 Å². The summed E-state index contributed by atoms with van der Waals surface area (Å²) in [6, 6.07) is 11.7. The van der Waals surface area contributed by atoms with Gasteiger partial charge in [0.25, 0.3) is 0 Å². The van der Waals surface area contributed by atoms with Gasteiger partial charge in [0, 0.05) is 17.1 Å². The molecule has 2 nitrogen and oxygen atoms in total. The summed E-state index contributed by atoms with van der Waals surface area (Å²) >= 11 is 4.40. The van der Waals surface area contributed by atoms with Crippen molar-refractivity contribution in [2.45, 2.75) is 31.8 Å². The van der Waals surface area contributed by atoms with Crippen LogP contribution in [-0.2, 0) is 13.0 Å². The van der Waals surface area contributed by atoms with Crippen LogP contribution in [0.4, 0.5) is 5.69 Å². The minimum atomic E-state index is 0.480. The lowest BCUT2D eigenvalue weighted by Gasteiger charge is -2.24. The lowest BCUT2D eigenvalue weighted by molar-refractivity contribution is 0.402. The summed E-state index contributed by atoms with van der Waals surface area (Å²) in [5.74, 6) is 0. The molecule has 1 heterocycles. The summed E-state index contributed by atoms with van der Waals surface area (Å²) in [6.07, 6.45) is 3.78. The van der Waals surface area contributed by atoms with Gasteiger partial charge in [-0.1, -0.05) is 12.1 Å². The number of nitrogens with one attached hydrogen (secondary N) is 1. The first-order chi connectivity index (χ1) is 10.1. The smallest absolute Gasteiger partial charge is 0.0660 e. The fourth-order valence-electron chi connectivity index (χ4n) is 2.94. The highest BCUT2D eigenvalue weighted by atomic mass is 127. The number of thiophene rings is 1. The molecule has 1 aromatic carbocycles. The second-order valence-corrected chi connectivity index (χ2v) is 8.98. The Morgan fingerprint density at radius 1 is 1.29 bits per heavy atom. The third kappa shape index (κ3) is 3.79. The van der Waals surface area contributed by atoms with E-state index >= 15 is 0 Å². The molecular weight excluding hydrogens is 391 g/mol. The monoisotopic (exact) mass is 412 g/mol. The highest BCUT2D eigenvalue weighted by Crippen LogP contribution is 2.38. The van der Waals surface area contributed by atoms with Gasteiger partial charge in [0.15, 0.2) is 0 Å². The Bertz CT molecular complexity index is 604. The molecule has 1 aliphatic rings. The van der Waals surface area contributed by atoms with Crippen LogP contribution in [0.3, 0.4) is 0 Å². The number of hydrogen-bond donors (Lipinski definition) is 1. The molecule has 4 heteroatoms. The number of halogens is 1. The first kappa shape index (κ1) is 15.3. The third-order valence-corrected chi connectivity index (χ3v) is 5.85. The Balaban J connectivity index is 1.72. The van der Waals surface area contributed by atoms with Gasteiger partial charge in [0.2, 0.25) is 0 Å². The Morgan fingerprint density at radius 3 is 2.76 bits per heavy atom. The summed E-state index contributed by atoms with van der Waals surface area (Å²) < 4.78 is 1.41. The lowest BCUT2D eigenvalue weighted by Crippen LogP contribution is -2.15. The third-order valence-electron chi connectivity index (χ3n) is 3.88. The van der Waals surface area contributed by atoms with E-state index in [1.54, 1.807) is 4.88 Å². The predicted molar refractivity (Wildman–Crippen MR) is 100 cm³/mol. The van der Waals surface area contributed by atoms with Crippen LogP contribution < -0.4 is 5.32 Å². The van der Waals surface area contributed by atoms with Crippen molar-refractivity contribution in [3.05, 3.63) is 49.2 Å². The van der Waals surface area contributed by atoms with Crippen molar-refractivity contribution in [3.63, 3.8) is 0 Å². The minimum Gasteiger partial charge on any atom is -0.378 e. The van der Waals surface area contributed by atoms with Crippen LogP contribution in [0, 0.1) is 2.88 Å². The van der Waals surface area contributed by atoms with Crippen molar-refractivity contribution >= 4 is 39.6 Å². The van der Waals surface area contributed by atoms with E-state index in [0.29, 0.717) is 6.04 Å². The molecule has 0 bridgehead atoms. The molecule has 0 saturated heterocycles. The van der Waals surface area contributed by atoms with Gasteiger partial charge < -0.3 is 10.2 Å². The van der Waals surface area contributed by atoms with E-state index in [2.05, 4.69) is 77.2 Å². The lowest BCUT2D eigenvalue weighted by atomic mass is 9.94. The Hall–Kier alpha value is -0.590. The summed E-state index contributed by atoms with van der Waals surface area (Å²) in [7, 11) is 4.21. The summed E-state index contributed by atoms with van der Waals surface area (Å²) in [5.41, 5.74) is 4.12. The van der Waals surface area contributed by atoms with Crippen molar-refractivity contribution in [1.82, 2.24) is 4.90 Å². The number of rotatable bonds is 4. The van der Waals surface area contributed by atoms with Crippen LogP contribution in [0.1, 0.15) is 34.9 Å². The fourth-order valence-corrected chi connectivity index (χ4v) is 5.06. The highest BCUT2D eigenvalue weighted by molar-refractivity contribution is 14.1. The molecule has 1 aliphatic carbocycles. The normalized spacial score (nSPS) is 17.8. The van der Waals surface area contributed by atoms with Crippen LogP contribution in [0.25, 0.3) is 0 Å². The molecule has 0 spiro atoms. The molecule has 112 valence electrons. The second kappa shape index (κ2) is 6.67. The van der Waals surface area contributed by atoms with Crippen LogP contribution in [-0.4, -0.2) is 19.0 Å². The van der Waals surface area contributed by atoms with E-state index in [1.807, 2.05) is 11.3 Å². The fraction of sp³-hybridized carbons (Fsp3) is 0.412. The number of hydrogen-bond acceptors (Lipinski definition) is 3. The van der Waals surface area contributed by atoms with Gasteiger partial charge in [-0.15, -0.1) is 11.3 Å². The average Bonchev–Trinajstić information content (AvgIpc) is 2.82. The highest BCUT2D eigenvalue weighted by Gasteiger charge is 2.22. The molecule has 0 radical (unpaired) electrons. The molecule has 1 unspecified atom stereocenters. The molecule has 3 rings (SSSR count). The van der Waals surface area contributed by atoms with E-state index in [0.717, 1.165) is 6.54 Å². The Morgan fingerprint density at radius 2 is 2.05 bits per heavy atom. The molecule has 0 saturated carbocycles. The zero-order valence-corrected chi connectivity index (χ0v) is 15.5. The van der Waals surface area contributed by atoms with Gasteiger partial charge in [-0.2, -0.15) is 0 Å². The van der Waals surface area contributed by atoms with Crippen LogP contribution >= 0.6 is 33.9 Å². The van der Waals surface area contributed by atoms with Gasteiger partial charge >= 0.3 is 0 Å². The van der Waals surface area contributed by atoms with E-state index in [9.17, 15) is 0 Å². The van der Waals surface area contributed by atoms with Gasteiger partial charge in [-0.3, -0.25) is 0 Å². The second-order valence-electron chi connectivity index (χ2n) is 5.95. The SMILES string of the molecule is CN(C)Cc1ccc(NC2CCCc3sc(I)cc32)cc1. The Kier molecular flexibility index (Phi) is 4.86. The Labute approximate surface area is 144 Å². The topological polar surface area (TPSA) is 15.3 Å². The summed E-state index contributed by atoms with van der Waals surface area (Å²) in [4.78, 5) is 3.77. The number of benzene rings is 1. The van der Waals surface area contributed by atoms with Crippen molar-refractivity contribution in [1.29, 1.82) is 0 Å². The van der Waals surface area contributed by atoms with Gasteiger partial charge in [-0.25, -0.2) is 0 Å². The van der Waals surface area contributed by atoms with Crippen LogP contribution in [0.5, 0.6) is 0 Å². The predicted octanol–water partition coefficient (Wildman–Crippen LogP) is 4.90. The quantitative estimate of drug-likeness (QED) is 0.719. The maximum Gasteiger partial charge on any atom is 0.0660 e. The number of anilines is 1. The van der Waals surface area contributed by atoms with Crippen LogP contribution in [0.2, 0.25) is 0 Å². The molecule has 1 atom stereocenters. The van der Waals surface area contributed by atoms with Crippen molar-refractivity contribution in [3.8, 4) is 0 Å². The standard InChI is InChI=1S/C17H21IN2S/c1-20(2)11-12-6-8-13(9-7-12)19-15-4-3-5-16-14(15)10-17(18)21-16/h6-10,15,19H,3-5,11H2,1-2H3. The zero-order valence-electron chi connectivity index (χ0n) is 12.5. The molecule has 0 amide bonds. The maximum absolute atomic E-state index is 3.72. The van der Waals surface area contributed by atoms with Crippen LogP contribution in [0.15, 0.2) is 30.3 Å². The van der Waals surface area contributed by atoms with Gasteiger partial charge in [0.1, 0.15) is 0 Å². The van der Waals surface area contributed by atoms with E-state index in [-0.39, 0.29) is 0 Å². The summed E-state index contributed by atoms with van der Waals surface area (Å²) in [5, 5.41) is 3.72. The average molecular weight is 412 g/mol. The first-order valence-corrected chi connectivity index (χ1v) is 9.29. The molecule has 2 aromatic rings. The zero-order chi connectivity index (χ0) is 14.8. The van der Waals surface area contributed by atoms with E-state index in [1.165, 1.54) is 39.0 Å². The maximum atomic E-state index is 3.72.